The van der Waals surface area contributed by atoms with E-state index in [1.807, 2.05) is 60.7 Å². The third-order valence-corrected chi connectivity index (χ3v) is 3.93. The fourth-order valence-electron chi connectivity index (χ4n) is 2.24. The molecule has 0 heterocycles. The molecule has 0 aliphatic heterocycles. The molecule has 0 spiro atoms. The van der Waals surface area contributed by atoms with E-state index in [1.54, 1.807) is 19.2 Å². The lowest BCUT2D eigenvalue weighted by Crippen LogP contribution is -2.18. The number of halogens is 1. The zero-order valence-corrected chi connectivity index (χ0v) is 15.6. The predicted octanol–water partition coefficient (Wildman–Crippen LogP) is 5.95. The van der Waals surface area contributed by atoms with Crippen LogP contribution in [0.2, 0.25) is 5.02 Å². The molecular formula is C20H17ClN2O2S. The molecule has 0 saturated carbocycles. The summed E-state index contributed by atoms with van der Waals surface area (Å²) >= 11 is 11.3. The Balaban J connectivity index is 1.57. The summed E-state index contributed by atoms with van der Waals surface area (Å²) in [5.74, 6) is 2.20. The van der Waals surface area contributed by atoms with Crippen LogP contribution >= 0.6 is 23.8 Å². The summed E-state index contributed by atoms with van der Waals surface area (Å²) in [4.78, 5) is 0. The molecule has 0 aliphatic rings. The summed E-state index contributed by atoms with van der Waals surface area (Å²) < 4.78 is 10.9. The van der Waals surface area contributed by atoms with Crippen LogP contribution in [0.15, 0.2) is 72.8 Å². The molecule has 0 aromatic heterocycles. The molecular weight excluding hydrogens is 368 g/mol. The van der Waals surface area contributed by atoms with Crippen molar-refractivity contribution in [3.63, 3.8) is 0 Å². The number of ether oxygens (including phenoxy) is 2. The molecule has 2 N–H and O–H groups in total. The van der Waals surface area contributed by atoms with Crippen molar-refractivity contribution in [1.29, 1.82) is 0 Å². The molecule has 0 unspecified atom stereocenters. The van der Waals surface area contributed by atoms with Crippen molar-refractivity contribution in [2.45, 2.75) is 0 Å². The highest BCUT2D eigenvalue weighted by Gasteiger charge is 2.02. The van der Waals surface area contributed by atoms with Crippen LogP contribution in [0.1, 0.15) is 0 Å². The molecule has 3 aromatic rings. The fourth-order valence-corrected chi connectivity index (χ4v) is 2.66. The van der Waals surface area contributed by atoms with E-state index in [-0.39, 0.29) is 0 Å². The van der Waals surface area contributed by atoms with E-state index in [0.29, 0.717) is 21.6 Å². The van der Waals surface area contributed by atoms with Gasteiger partial charge in [-0.1, -0.05) is 17.7 Å². The Morgan fingerprint density at radius 1 is 0.808 bits per heavy atom. The Kier molecular flexibility index (Phi) is 5.94. The number of thiocarbonyl (C=S) groups is 1. The van der Waals surface area contributed by atoms with Crippen LogP contribution in [0.4, 0.5) is 11.4 Å². The van der Waals surface area contributed by atoms with E-state index in [0.717, 1.165) is 17.1 Å². The SMILES string of the molecule is COc1ccc(NC(=S)Nc2ccc(Oc3cccc(Cl)c3)cc2)cc1. The number of rotatable bonds is 5. The molecule has 0 radical (unpaired) electrons. The number of hydrogen-bond acceptors (Lipinski definition) is 3. The van der Waals surface area contributed by atoms with Crippen LogP contribution < -0.4 is 20.1 Å². The minimum absolute atomic E-state index is 0.499. The van der Waals surface area contributed by atoms with E-state index >= 15 is 0 Å². The highest BCUT2D eigenvalue weighted by molar-refractivity contribution is 7.80. The van der Waals surface area contributed by atoms with Gasteiger partial charge in [-0.2, -0.15) is 0 Å². The van der Waals surface area contributed by atoms with Crippen LogP contribution in [-0.2, 0) is 0 Å². The predicted molar refractivity (Wildman–Crippen MR) is 111 cm³/mol. The van der Waals surface area contributed by atoms with Gasteiger partial charge in [-0.25, -0.2) is 0 Å². The number of nitrogens with one attached hydrogen (secondary N) is 2. The number of anilines is 2. The van der Waals surface area contributed by atoms with Gasteiger partial charge in [0.1, 0.15) is 17.2 Å². The molecule has 4 nitrogen and oxygen atoms in total. The van der Waals surface area contributed by atoms with Gasteiger partial charge in [0.05, 0.1) is 7.11 Å². The molecule has 0 amide bonds. The van der Waals surface area contributed by atoms with Crippen LogP contribution in [0.25, 0.3) is 0 Å². The Morgan fingerprint density at radius 3 is 1.92 bits per heavy atom. The highest BCUT2D eigenvalue weighted by atomic mass is 35.5. The Morgan fingerprint density at radius 2 is 1.38 bits per heavy atom. The molecule has 26 heavy (non-hydrogen) atoms. The lowest BCUT2D eigenvalue weighted by Gasteiger charge is -2.12. The van der Waals surface area contributed by atoms with E-state index in [1.165, 1.54) is 0 Å². The standard InChI is InChI=1S/C20H17ClN2O2S/c1-24-17-9-5-15(6-10-17)22-20(26)23-16-7-11-18(12-8-16)25-19-4-2-3-14(21)13-19/h2-13H,1H3,(H2,22,23,26). The third-order valence-electron chi connectivity index (χ3n) is 3.49. The van der Waals surface area contributed by atoms with Crippen molar-refractivity contribution in [3.05, 3.63) is 77.8 Å². The van der Waals surface area contributed by atoms with Crippen molar-refractivity contribution < 1.29 is 9.47 Å². The summed E-state index contributed by atoms with van der Waals surface area (Å²) in [6.07, 6.45) is 0. The average Bonchev–Trinajstić information content (AvgIpc) is 2.64. The second-order valence-corrected chi connectivity index (χ2v) is 6.24. The van der Waals surface area contributed by atoms with Gasteiger partial charge in [0.25, 0.3) is 0 Å². The van der Waals surface area contributed by atoms with Crippen LogP contribution in [0, 0.1) is 0 Å². The third kappa shape index (κ3) is 5.12. The molecule has 0 atom stereocenters. The highest BCUT2D eigenvalue weighted by Crippen LogP contribution is 2.25. The summed E-state index contributed by atoms with van der Waals surface area (Å²) in [6.45, 7) is 0. The van der Waals surface area contributed by atoms with E-state index in [4.69, 9.17) is 33.3 Å². The van der Waals surface area contributed by atoms with Gasteiger partial charge in [0.15, 0.2) is 5.11 Å². The first kappa shape index (κ1) is 18.0. The summed E-state index contributed by atoms with van der Waals surface area (Å²) in [6, 6.07) is 22.3. The van der Waals surface area contributed by atoms with Crippen LogP contribution in [0.3, 0.4) is 0 Å². The van der Waals surface area contributed by atoms with Crippen molar-refractivity contribution in [1.82, 2.24) is 0 Å². The molecule has 3 rings (SSSR count). The average molecular weight is 385 g/mol. The molecule has 0 aliphatic carbocycles. The van der Waals surface area contributed by atoms with Gasteiger partial charge in [-0.05, 0) is 78.9 Å². The van der Waals surface area contributed by atoms with Gasteiger partial charge in [0, 0.05) is 16.4 Å². The lowest BCUT2D eigenvalue weighted by molar-refractivity contribution is 0.415. The quantitative estimate of drug-likeness (QED) is 0.532. The summed E-state index contributed by atoms with van der Waals surface area (Å²) in [7, 11) is 1.63. The molecule has 6 heteroatoms. The van der Waals surface area contributed by atoms with Crippen molar-refractivity contribution in [3.8, 4) is 17.2 Å². The molecule has 3 aromatic carbocycles. The minimum Gasteiger partial charge on any atom is -0.497 e. The number of methoxy groups -OCH3 is 1. The maximum atomic E-state index is 5.96. The maximum absolute atomic E-state index is 5.96. The van der Waals surface area contributed by atoms with Gasteiger partial charge in [0.2, 0.25) is 0 Å². The van der Waals surface area contributed by atoms with Gasteiger partial charge in [-0.3, -0.25) is 0 Å². The monoisotopic (exact) mass is 384 g/mol. The second kappa shape index (κ2) is 8.56. The summed E-state index contributed by atoms with van der Waals surface area (Å²) in [5.41, 5.74) is 1.73. The van der Waals surface area contributed by atoms with Crippen LogP contribution in [0.5, 0.6) is 17.2 Å². The summed E-state index contributed by atoms with van der Waals surface area (Å²) in [5, 5.41) is 7.39. The first-order chi connectivity index (χ1) is 12.6. The molecule has 132 valence electrons. The van der Waals surface area contributed by atoms with E-state index in [9.17, 15) is 0 Å². The largest absolute Gasteiger partial charge is 0.497 e. The first-order valence-corrected chi connectivity index (χ1v) is 8.66. The van der Waals surface area contributed by atoms with Crippen molar-refractivity contribution in [2.75, 3.05) is 17.7 Å². The van der Waals surface area contributed by atoms with E-state index in [2.05, 4.69) is 10.6 Å². The number of benzene rings is 3. The zero-order valence-electron chi connectivity index (χ0n) is 14.0. The smallest absolute Gasteiger partial charge is 0.175 e. The Labute approximate surface area is 162 Å². The van der Waals surface area contributed by atoms with Gasteiger partial charge in [-0.15, -0.1) is 0 Å². The maximum Gasteiger partial charge on any atom is 0.175 e. The Bertz CT molecular complexity index is 883. The minimum atomic E-state index is 0.499. The normalized spacial score (nSPS) is 10.1. The topological polar surface area (TPSA) is 42.5 Å². The molecule has 0 saturated heterocycles. The first-order valence-electron chi connectivity index (χ1n) is 7.88. The van der Waals surface area contributed by atoms with Crippen LogP contribution in [-0.4, -0.2) is 12.2 Å². The van der Waals surface area contributed by atoms with Gasteiger partial charge < -0.3 is 20.1 Å². The second-order valence-electron chi connectivity index (χ2n) is 5.39. The van der Waals surface area contributed by atoms with Crippen molar-refractivity contribution in [2.24, 2.45) is 0 Å². The fraction of sp³-hybridized carbons (Fsp3) is 0.0500. The zero-order chi connectivity index (χ0) is 18.4. The Hall–Kier alpha value is -2.76. The van der Waals surface area contributed by atoms with E-state index < -0.39 is 0 Å². The lowest BCUT2D eigenvalue weighted by atomic mass is 10.3. The van der Waals surface area contributed by atoms with Crippen molar-refractivity contribution >= 4 is 40.3 Å². The van der Waals surface area contributed by atoms with Gasteiger partial charge >= 0.3 is 0 Å². The number of hydrogen-bond donors (Lipinski definition) is 2. The molecule has 0 fully saturated rings. The molecule has 0 bridgehead atoms.